The number of alkyl halides is 3. The second-order valence-electron chi connectivity index (χ2n) is 5.55. The standard InChI is InChI=1S/C14H16F3N5O/c15-14(16,17)11-3-4-12(20-19-11)18-13(23)22-8-5-10(9-22)21-6-1-2-7-21/h1-4,10H,5-9H2,(H,18,20,23). The van der Waals surface area contributed by atoms with Crippen molar-refractivity contribution in [3.05, 3.63) is 30.0 Å². The number of carbonyl (C=O) groups is 1. The maximum Gasteiger partial charge on any atom is 0.435 e. The Balaban J connectivity index is 1.55. The molecule has 1 atom stereocenters. The van der Waals surface area contributed by atoms with Crippen molar-refractivity contribution in [2.24, 2.45) is 0 Å². The van der Waals surface area contributed by atoms with E-state index < -0.39 is 11.9 Å². The molecule has 0 radical (unpaired) electrons. The van der Waals surface area contributed by atoms with Gasteiger partial charge in [-0.25, -0.2) is 4.79 Å². The highest BCUT2D eigenvalue weighted by molar-refractivity contribution is 5.88. The summed E-state index contributed by atoms with van der Waals surface area (Å²) in [5.41, 5.74) is -1.08. The summed E-state index contributed by atoms with van der Waals surface area (Å²) in [7, 11) is 0. The van der Waals surface area contributed by atoms with Crippen LogP contribution in [0.2, 0.25) is 0 Å². The van der Waals surface area contributed by atoms with Gasteiger partial charge in [-0.1, -0.05) is 12.2 Å². The van der Waals surface area contributed by atoms with Gasteiger partial charge in [0.15, 0.2) is 11.5 Å². The van der Waals surface area contributed by atoms with E-state index in [4.69, 9.17) is 0 Å². The molecule has 3 heterocycles. The van der Waals surface area contributed by atoms with Crippen LogP contribution in [0.5, 0.6) is 0 Å². The molecular weight excluding hydrogens is 311 g/mol. The molecule has 23 heavy (non-hydrogen) atoms. The Kier molecular flexibility index (Phi) is 4.20. The van der Waals surface area contributed by atoms with Crippen LogP contribution >= 0.6 is 0 Å². The molecule has 124 valence electrons. The van der Waals surface area contributed by atoms with Crippen molar-refractivity contribution >= 4 is 11.8 Å². The quantitative estimate of drug-likeness (QED) is 0.844. The van der Waals surface area contributed by atoms with Gasteiger partial charge in [0, 0.05) is 32.2 Å². The lowest BCUT2D eigenvalue weighted by Gasteiger charge is -2.23. The molecule has 0 aromatic carbocycles. The number of likely N-dealkylation sites (tertiary alicyclic amines) is 1. The lowest BCUT2D eigenvalue weighted by Crippen LogP contribution is -2.39. The number of carbonyl (C=O) groups excluding carboxylic acids is 1. The summed E-state index contributed by atoms with van der Waals surface area (Å²) in [5.74, 6) is 0.00860. The predicted molar refractivity (Wildman–Crippen MR) is 76.7 cm³/mol. The summed E-state index contributed by atoms with van der Waals surface area (Å²) in [6.45, 7) is 3.00. The zero-order chi connectivity index (χ0) is 16.4. The smallest absolute Gasteiger partial charge is 0.323 e. The largest absolute Gasteiger partial charge is 0.435 e. The van der Waals surface area contributed by atoms with Crippen molar-refractivity contribution in [1.82, 2.24) is 20.0 Å². The van der Waals surface area contributed by atoms with Gasteiger partial charge in [-0.2, -0.15) is 13.2 Å². The maximum atomic E-state index is 12.4. The minimum atomic E-state index is -4.54. The van der Waals surface area contributed by atoms with E-state index >= 15 is 0 Å². The fourth-order valence-corrected chi connectivity index (χ4v) is 2.76. The molecule has 0 aliphatic carbocycles. The van der Waals surface area contributed by atoms with Crippen LogP contribution < -0.4 is 5.32 Å². The van der Waals surface area contributed by atoms with Crippen LogP contribution in [0, 0.1) is 0 Å². The third-order valence-corrected chi connectivity index (χ3v) is 4.00. The average Bonchev–Trinajstić information content (AvgIpc) is 3.18. The Labute approximate surface area is 131 Å². The van der Waals surface area contributed by atoms with Gasteiger partial charge in [-0.05, 0) is 18.6 Å². The Morgan fingerprint density at radius 3 is 2.57 bits per heavy atom. The first-order valence-corrected chi connectivity index (χ1v) is 7.29. The number of hydrogen-bond acceptors (Lipinski definition) is 4. The van der Waals surface area contributed by atoms with E-state index in [-0.39, 0.29) is 11.8 Å². The molecule has 1 fully saturated rings. The summed E-state index contributed by atoms with van der Waals surface area (Å²) >= 11 is 0. The van der Waals surface area contributed by atoms with E-state index in [0.717, 1.165) is 31.6 Å². The Hall–Kier alpha value is -2.16. The molecule has 1 unspecified atom stereocenters. The molecule has 6 nitrogen and oxygen atoms in total. The van der Waals surface area contributed by atoms with Crippen molar-refractivity contribution in [3.8, 4) is 0 Å². The van der Waals surface area contributed by atoms with Gasteiger partial charge < -0.3 is 4.90 Å². The second-order valence-corrected chi connectivity index (χ2v) is 5.55. The summed E-state index contributed by atoms with van der Waals surface area (Å²) in [4.78, 5) is 16.1. The molecule has 1 aromatic heterocycles. The van der Waals surface area contributed by atoms with Gasteiger partial charge in [0.1, 0.15) is 0 Å². The van der Waals surface area contributed by atoms with E-state index in [2.05, 4.69) is 32.6 Å². The van der Waals surface area contributed by atoms with E-state index in [1.165, 1.54) is 0 Å². The molecule has 1 N–H and O–H groups in total. The molecule has 0 bridgehead atoms. The maximum absolute atomic E-state index is 12.4. The van der Waals surface area contributed by atoms with Crippen molar-refractivity contribution in [2.75, 3.05) is 31.5 Å². The topological polar surface area (TPSA) is 61.4 Å². The molecule has 2 amide bonds. The number of anilines is 1. The van der Waals surface area contributed by atoms with Crippen molar-refractivity contribution < 1.29 is 18.0 Å². The Morgan fingerprint density at radius 1 is 1.22 bits per heavy atom. The third-order valence-electron chi connectivity index (χ3n) is 4.00. The molecule has 0 spiro atoms. The number of aromatic nitrogens is 2. The predicted octanol–water partition coefficient (Wildman–Crippen LogP) is 1.97. The molecule has 1 saturated heterocycles. The number of rotatable bonds is 2. The summed E-state index contributed by atoms with van der Waals surface area (Å²) in [6, 6.07) is 1.85. The normalized spacial score (nSPS) is 21.9. The average molecular weight is 327 g/mol. The molecule has 9 heteroatoms. The van der Waals surface area contributed by atoms with Gasteiger partial charge in [0.2, 0.25) is 0 Å². The molecule has 0 saturated carbocycles. The number of urea groups is 1. The Bertz CT molecular complexity index is 593. The first-order chi connectivity index (χ1) is 10.9. The van der Waals surface area contributed by atoms with Gasteiger partial charge in [-0.15, -0.1) is 10.2 Å². The van der Waals surface area contributed by atoms with Crippen LogP contribution in [0.3, 0.4) is 0 Å². The van der Waals surface area contributed by atoms with E-state index in [9.17, 15) is 18.0 Å². The highest BCUT2D eigenvalue weighted by Crippen LogP contribution is 2.27. The number of nitrogens with one attached hydrogen (secondary N) is 1. The number of hydrogen-bond donors (Lipinski definition) is 1. The fraction of sp³-hybridized carbons (Fsp3) is 0.500. The lowest BCUT2D eigenvalue weighted by atomic mass is 10.2. The third kappa shape index (κ3) is 3.61. The molecule has 2 aliphatic heterocycles. The van der Waals surface area contributed by atoms with Gasteiger partial charge in [0.05, 0.1) is 0 Å². The number of halogens is 3. The number of nitrogens with zero attached hydrogens (tertiary/aromatic N) is 4. The van der Waals surface area contributed by atoms with Gasteiger partial charge in [0.25, 0.3) is 0 Å². The van der Waals surface area contributed by atoms with Crippen LogP contribution in [-0.4, -0.2) is 58.2 Å². The molecule has 3 rings (SSSR count). The zero-order valence-electron chi connectivity index (χ0n) is 12.3. The van der Waals surface area contributed by atoms with Crippen molar-refractivity contribution in [2.45, 2.75) is 18.6 Å². The number of amides is 2. The van der Waals surface area contributed by atoms with E-state index in [1.54, 1.807) is 4.90 Å². The van der Waals surface area contributed by atoms with Crippen LogP contribution in [0.25, 0.3) is 0 Å². The van der Waals surface area contributed by atoms with E-state index in [0.29, 0.717) is 19.1 Å². The van der Waals surface area contributed by atoms with Crippen LogP contribution in [-0.2, 0) is 6.18 Å². The van der Waals surface area contributed by atoms with Crippen LogP contribution in [0.4, 0.5) is 23.8 Å². The minimum Gasteiger partial charge on any atom is -0.323 e. The Morgan fingerprint density at radius 2 is 1.96 bits per heavy atom. The SMILES string of the molecule is O=C(Nc1ccc(C(F)(F)F)nn1)N1CCC(N2CC=CC2)C1. The van der Waals surface area contributed by atoms with E-state index in [1.807, 2.05) is 0 Å². The van der Waals surface area contributed by atoms with Crippen molar-refractivity contribution in [1.29, 1.82) is 0 Å². The van der Waals surface area contributed by atoms with Gasteiger partial charge >= 0.3 is 12.2 Å². The zero-order valence-corrected chi connectivity index (χ0v) is 12.3. The summed E-state index contributed by atoms with van der Waals surface area (Å²) in [5, 5.41) is 8.97. The summed E-state index contributed by atoms with van der Waals surface area (Å²) < 4.78 is 37.2. The van der Waals surface area contributed by atoms with Crippen molar-refractivity contribution in [3.63, 3.8) is 0 Å². The lowest BCUT2D eigenvalue weighted by molar-refractivity contribution is -0.141. The highest BCUT2D eigenvalue weighted by atomic mass is 19.4. The molecule has 1 aromatic rings. The van der Waals surface area contributed by atoms with Crippen LogP contribution in [0.1, 0.15) is 12.1 Å². The van der Waals surface area contributed by atoms with Crippen LogP contribution in [0.15, 0.2) is 24.3 Å². The highest BCUT2D eigenvalue weighted by Gasteiger charge is 2.33. The van der Waals surface area contributed by atoms with Gasteiger partial charge in [-0.3, -0.25) is 10.2 Å². The first kappa shape index (κ1) is 15.7. The minimum absolute atomic E-state index is 0.00860. The molecular formula is C14H16F3N5O. The first-order valence-electron chi connectivity index (χ1n) is 7.29. The molecule has 2 aliphatic rings. The summed E-state index contributed by atoms with van der Waals surface area (Å²) in [6.07, 6.45) is 0.538. The fourth-order valence-electron chi connectivity index (χ4n) is 2.76. The second kappa shape index (κ2) is 6.15. The monoisotopic (exact) mass is 327 g/mol.